The van der Waals surface area contributed by atoms with Crippen LogP contribution in [0.5, 0.6) is 0 Å². The summed E-state index contributed by atoms with van der Waals surface area (Å²) in [5.74, 6) is -0.169. The lowest BCUT2D eigenvalue weighted by atomic mass is 9.99. The molecule has 0 aromatic rings. The minimum absolute atomic E-state index is 0.152. The van der Waals surface area contributed by atoms with Crippen molar-refractivity contribution in [1.29, 1.82) is 0 Å². The third-order valence-corrected chi connectivity index (χ3v) is 13.6. The summed E-state index contributed by atoms with van der Waals surface area (Å²) in [5, 5.41) is 54.7. The molecule has 1 aliphatic rings. The van der Waals surface area contributed by atoms with Crippen molar-refractivity contribution in [3.63, 3.8) is 0 Å². The van der Waals surface area contributed by atoms with Gasteiger partial charge < -0.3 is 40.3 Å². The molecule has 6 N–H and O–H groups in total. The van der Waals surface area contributed by atoms with Crippen molar-refractivity contribution in [1.82, 2.24) is 5.32 Å². The Kier molecular flexibility index (Phi) is 47.1. The van der Waals surface area contributed by atoms with E-state index in [2.05, 4.69) is 92.1 Å². The number of ether oxygens (including phenoxy) is 2. The zero-order chi connectivity index (χ0) is 50.8. The van der Waals surface area contributed by atoms with Crippen molar-refractivity contribution in [2.75, 3.05) is 13.2 Å². The van der Waals surface area contributed by atoms with Crippen molar-refractivity contribution in [3.8, 4) is 0 Å². The smallest absolute Gasteiger partial charge is 0.220 e. The fourth-order valence-electron chi connectivity index (χ4n) is 8.99. The molecule has 0 radical (unpaired) electrons. The SMILES string of the molecule is CC/C=C\C/C=C\C/C=C\C/C=C\C/C=C\C/C=C\CCCCCCC(=O)NC(COC1OC(CO)C(O)C(O)C1O)C(O)CCCCCCCCCCCCCCCCCCCCCCCCCC. The van der Waals surface area contributed by atoms with Crippen LogP contribution < -0.4 is 5.32 Å². The summed E-state index contributed by atoms with van der Waals surface area (Å²) in [7, 11) is 0. The molecule has 1 amide bonds. The number of rotatable bonds is 49. The molecule has 7 atom stereocenters. The quantitative estimate of drug-likeness (QED) is 0.0261. The molecule has 9 heteroatoms. The van der Waals surface area contributed by atoms with Gasteiger partial charge in [-0.2, -0.15) is 0 Å². The second-order valence-corrected chi connectivity index (χ2v) is 20.1. The summed E-state index contributed by atoms with van der Waals surface area (Å²) >= 11 is 0. The van der Waals surface area contributed by atoms with E-state index in [0.29, 0.717) is 12.8 Å². The lowest BCUT2D eigenvalue weighted by Gasteiger charge is -2.40. The first-order valence-corrected chi connectivity index (χ1v) is 29.1. The van der Waals surface area contributed by atoms with Gasteiger partial charge in [0.1, 0.15) is 24.4 Å². The van der Waals surface area contributed by atoms with Crippen LogP contribution in [0.1, 0.15) is 251 Å². The maximum absolute atomic E-state index is 13.1. The third kappa shape index (κ3) is 39.2. The fourth-order valence-corrected chi connectivity index (χ4v) is 8.99. The molecule has 0 saturated carbocycles. The Bertz CT molecular complexity index is 1330. The van der Waals surface area contributed by atoms with Gasteiger partial charge in [0.25, 0.3) is 0 Å². The molecule has 0 aromatic heterocycles. The maximum Gasteiger partial charge on any atom is 0.220 e. The number of amides is 1. The van der Waals surface area contributed by atoms with Gasteiger partial charge in [-0.25, -0.2) is 0 Å². The summed E-state index contributed by atoms with van der Waals surface area (Å²) in [6.07, 6.45) is 62.1. The number of aliphatic hydroxyl groups is 5. The summed E-state index contributed by atoms with van der Waals surface area (Å²) in [6.45, 7) is 3.73. The van der Waals surface area contributed by atoms with Crippen LogP contribution in [0.2, 0.25) is 0 Å². The number of carbonyl (C=O) groups is 1. The lowest BCUT2D eigenvalue weighted by molar-refractivity contribution is -0.302. The van der Waals surface area contributed by atoms with E-state index in [0.717, 1.165) is 89.9 Å². The molecule has 0 aliphatic carbocycles. The monoisotopic (exact) mass is 984 g/mol. The Morgan fingerprint density at radius 2 is 0.886 bits per heavy atom. The van der Waals surface area contributed by atoms with E-state index in [9.17, 15) is 30.3 Å². The Morgan fingerprint density at radius 1 is 0.500 bits per heavy atom. The van der Waals surface area contributed by atoms with E-state index in [-0.39, 0.29) is 12.5 Å². The largest absolute Gasteiger partial charge is 0.394 e. The molecule has 70 heavy (non-hydrogen) atoms. The van der Waals surface area contributed by atoms with Crippen molar-refractivity contribution in [2.45, 2.75) is 294 Å². The Morgan fingerprint density at radius 3 is 1.31 bits per heavy atom. The molecule has 0 aromatic carbocycles. The molecule has 1 rings (SSSR count). The molecule has 9 nitrogen and oxygen atoms in total. The van der Waals surface area contributed by atoms with Gasteiger partial charge >= 0.3 is 0 Å². The number of aliphatic hydroxyl groups excluding tert-OH is 5. The van der Waals surface area contributed by atoms with Crippen molar-refractivity contribution < 1.29 is 39.8 Å². The zero-order valence-electron chi connectivity index (χ0n) is 45.0. The van der Waals surface area contributed by atoms with Crippen LogP contribution in [0.3, 0.4) is 0 Å². The van der Waals surface area contributed by atoms with Gasteiger partial charge in [0.05, 0.1) is 25.4 Å². The minimum Gasteiger partial charge on any atom is -0.394 e. The van der Waals surface area contributed by atoms with Gasteiger partial charge in [0.2, 0.25) is 5.91 Å². The Hall–Kier alpha value is -2.37. The number of unbranched alkanes of at least 4 members (excludes halogenated alkanes) is 27. The van der Waals surface area contributed by atoms with Gasteiger partial charge in [-0.1, -0.05) is 254 Å². The molecule has 1 saturated heterocycles. The maximum atomic E-state index is 13.1. The average molecular weight is 985 g/mol. The fraction of sp³-hybridized carbons (Fsp3) is 0.787. The highest BCUT2D eigenvalue weighted by Gasteiger charge is 2.44. The van der Waals surface area contributed by atoms with E-state index >= 15 is 0 Å². The molecule has 0 bridgehead atoms. The standard InChI is InChI=1S/C61H109NO8/c1-3-5-7-9-11-13-15-17-19-21-23-25-27-29-30-32-34-36-38-40-42-44-46-48-50-55(64)54(53-69-61-60(68)59(67)58(66)56(52-63)70-61)62-57(65)51-49-47-45-43-41-39-37-35-33-31-28-26-24-22-20-18-16-14-12-10-8-6-4-2/h6,8,12,14,18,20,24,26,31,33,37,39,54-56,58-61,63-64,66-68H,3-5,7,9-11,13,15-17,19,21-23,25,27-30,32,34-36,38,40-53H2,1-2H3,(H,62,65)/b8-6-,14-12-,20-18-,26-24-,33-31-,39-37-. The van der Waals surface area contributed by atoms with Crippen LogP contribution in [0, 0.1) is 0 Å². The van der Waals surface area contributed by atoms with Crippen molar-refractivity contribution in [3.05, 3.63) is 72.9 Å². The van der Waals surface area contributed by atoms with E-state index < -0.39 is 49.5 Å². The summed E-state index contributed by atoms with van der Waals surface area (Å²) < 4.78 is 11.3. The van der Waals surface area contributed by atoms with E-state index in [1.807, 2.05) is 0 Å². The van der Waals surface area contributed by atoms with Crippen LogP contribution in [0.4, 0.5) is 0 Å². The number of nitrogens with one attached hydrogen (secondary N) is 1. The van der Waals surface area contributed by atoms with Crippen LogP contribution in [0.25, 0.3) is 0 Å². The molecule has 406 valence electrons. The van der Waals surface area contributed by atoms with E-state index in [1.165, 1.54) is 135 Å². The van der Waals surface area contributed by atoms with Crippen LogP contribution >= 0.6 is 0 Å². The topological polar surface area (TPSA) is 149 Å². The lowest BCUT2D eigenvalue weighted by Crippen LogP contribution is -2.60. The first-order valence-electron chi connectivity index (χ1n) is 29.1. The van der Waals surface area contributed by atoms with Gasteiger partial charge in [-0.05, 0) is 64.2 Å². The van der Waals surface area contributed by atoms with E-state index in [4.69, 9.17) is 9.47 Å². The normalized spacial score (nSPS) is 19.9. The molecule has 7 unspecified atom stereocenters. The zero-order valence-corrected chi connectivity index (χ0v) is 45.0. The predicted molar refractivity (Wildman–Crippen MR) is 295 cm³/mol. The van der Waals surface area contributed by atoms with Gasteiger partial charge in [0, 0.05) is 6.42 Å². The molecule has 1 fully saturated rings. The third-order valence-electron chi connectivity index (χ3n) is 13.6. The minimum atomic E-state index is -1.56. The summed E-state index contributed by atoms with van der Waals surface area (Å²) in [4.78, 5) is 13.1. The van der Waals surface area contributed by atoms with Crippen LogP contribution in [0.15, 0.2) is 72.9 Å². The van der Waals surface area contributed by atoms with Gasteiger partial charge in [0.15, 0.2) is 6.29 Å². The molecule has 1 heterocycles. The number of hydrogen-bond donors (Lipinski definition) is 6. The number of carbonyl (C=O) groups excluding carboxylic acids is 1. The summed E-state index contributed by atoms with van der Waals surface area (Å²) in [5.41, 5.74) is 0. The van der Waals surface area contributed by atoms with Crippen LogP contribution in [-0.2, 0) is 14.3 Å². The van der Waals surface area contributed by atoms with Crippen molar-refractivity contribution >= 4 is 5.91 Å². The van der Waals surface area contributed by atoms with Gasteiger partial charge in [-0.15, -0.1) is 0 Å². The summed E-state index contributed by atoms with van der Waals surface area (Å²) in [6, 6.07) is -0.738. The molecule has 1 aliphatic heterocycles. The average Bonchev–Trinajstić information content (AvgIpc) is 3.36. The predicted octanol–water partition coefficient (Wildman–Crippen LogP) is 14.5. The number of hydrogen-bond acceptors (Lipinski definition) is 8. The second kappa shape index (κ2) is 50.2. The van der Waals surface area contributed by atoms with E-state index in [1.54, 1.807) is 0 Å². The van der Waals surface area contributed by atoms with Crippen molar-refractivity contribution in [2.24, 2.45) is 0 Å². The molecule has 0 spiro atoms. The first kappa shape index (κ1) is 65.6. The van der Waals surface area contributed by atoms with Crippen LogP contribution in [-0.4, -0.2) is 87.5 Å². The molecular weight excluding hydrogens is 875 g/mol. The highest BCUT2D eigenvalue weighted by atomic mass is 16.7. The Balaban J connectivity index is 2.24. The van der Waals surface area contributed by atoms with Gasteiger partial charge in [-0.3, -0.25) is 4.79 Å². The second-order valence-electron chi connectivity index (χ2n) is 20.1. The highest BCUT2D eigenvalue weighted by molar-refractivity contribution is 5.76. The number of allylic oxidation sites excluding steroid dienone is 12. The Labute approximate surface area is 429 Å². The molecular formula is C61H109NO8. The first-order chi connectivity index (χ1) is 34.3. The highest BCUT2D eigenvalue weighted by Crippen LogP contribution is 2.23.